The topological polar surface area (TPSA) is 92.5 Å². The van der Waals surface area contributed by atoms with Crippen molar-refractivity contribution in [1.82, 2.24) is 9.97 Å². The summed E-state index contributed by atoms with van der Waals surface area (Å²) in [6.45, 7) is 0. The van der Waals surface area contributed by atoms with Crippen molar-refractivity contribution in [3.63, 3.8) is 0 Å². The number of aromatic hydroxyl groups is 2. The van der Waals surface area contributed by atoms with Gasteiger partial charge in [-0.05, 0) is 11.6 Å². The molecule has 0 saturated heterocycles. The average Bonchev–Trinajstić information content (AvgIpc) is 2.44. The van der Waals surface area contributed by atoms with Gasteiger partial charge in [-0.3, -0.25) is 0 Å². The molecular weight excluding hydrogens is 328 g/mol. The minimum atomic E-state index is -0.839. The number of ether oxygens (including phenoxy) is 1. The highest BCUT2D eigenvalue weighted by atomic mass is 79.9. The molecule has 104 valence electrons. The average molecular weight is 339 g/mol. The molecule has 2 aromatic rings. The van der Waals surface area contributed by atoms with Crippen molar-refractivity contribution in [2.45, 2.75) is 6.42 Å². The molecule has 0 spiro atoms. The lowest BCUT2D eigenvalue weighted by Gasteiger charge is -2.07. The molecule has 20 heavy (non-hydrogen) atoms. The molecule has 1 aromatic carbocycles. The van der Waals surface area contributed by atoms with E-state index in [9.17, 15) is 15.0 Å². The number of carbonyl (C=O) groups is 1. The Labute approximate surface area is 123 Å². The fraction of sp³-hybridized carbons (Fsp3) is 0.154. The Kier molecular flexibility index (Phi) is 4.19. The Bertz CT molecular complexity index is 661. The molecule has 0 atom stereocenters. The number of halogens is 1. The van der Waals surface area contributed by atoms with Crippen LogP contribution < -0.4 is 0 Å². The van der Waals surface area contributed by atoms with Gasteiger partial charge in [-0.1, -0.05) is 34.1 Å². The van der Waals surface area contributed by atoms with E-state index in [1.807, 2.05) is 24.3 Å². The molecule has 0 unspecified atom stereocenters. The minimum absolute atomic E-state index is 0.201. The van der Waals surface area contributed by atoms with Crippen LogP contribution in [0, 0.1) is 0 Å². The van der Waals surface area contributed by atoms with E-state index in [-0.39, 0.29) is 11.5 Å². The number of aromatic nitrogens is 2. The summed E-state index contributed by atoms with van der Waals surface area (Å²) in [5.74, 6) is -1.98. The second-order valence-electron chi connectivity index (χ2n) is 3.92. The predicted octanol–water partition coefficient (Wildman–Crippen LogP) is 2.03. The number of esters is 1. The number of hydrogen-bond acceptors (Lipinski definition) is 6. The van der Waals surface area contributed by atoms with Crippen molar-refractivity contribution < 1.29 is 19.7 Å². The number of methoxy groups -OCH3 is 1. The molecule has 0 aliphatic carbocycles. The van der Waals surface area contributed by atoms with Gasteiger partial charge in [0.15, 0.2) is 5.69 Å². The second-order valence-corrected chi connectivity index (χ2v) is 4.77. The van der Waals surface area contributed by atoms with Crippen LogP contribution in [0.1, 0.15) is 21.9 Å². The van der Waals surface area contributed by atoms with Crippen LogP contribution in [0.4, 0.5) is 0 Å². The Balaban J connectivity index is 2.41. The molecule has 0 radical (unpaired) electrons. The molecule has 6 nitrogen and oxygen atoms in total. The van der Waals surface area contributed by atoms with Gasteiger partial charge in [0, 0.05) is 10.9 Å². The molecule has 2 N–H and O–H groups in total. The Morgan fingerprint density at radius 3 is 2.65 bits per heavy atom. The first-order valence-corrected chi connectivity index (χ1v) is 6.42. The standard InChI is InChI=1S/C13H11BrN2O4/c1-20-13(19)10-11(17)12(18)16-9(15-10)6-7-4-2-3-5-8(7)14/h2-5,17H,6H2,1H3,(H,15,16,18). The number of hydrogen-bond donors (Lipinski definition) is 2. The maximum Gasteiger partial charge on any atom is 0.360 e. The smallest absolute Gasteiger partial charge is 0.360 e. The SMILES string of the molecule is COC(=O)c1nc(Cc2ccccc2Br)nc(O)c1O. The number of rotatable bonds is 3. The summed E-state index contributed by atoms with van der Waals surface area (Å²) in [6.07, 6.45) is 0.291. The molecule has 0 saturated carbocycles. The van der Waals surface area contributed by atoms with Gasteiger partial charge >= 0.3 is 5.97 Å². The van der Waals surface area contributed by atoms with E-state index in [1.54, 1.807) is 0 Å². The normalized spacial score (nSPS) is 10.3. The zero-order valence-corrected chi connectivity index (χ0v) is 12.1. The molecule has 2 rings (SSSR count). The van der Waals surface area contributed by atoms with E-state index in [2.05, 4.69) is 30.6 Å². The maximum atomic E-state index is 11.5. The van der Waals surface area contributed by atoms with Gasteiger partial charge in [-0.2, -0.15) is 4.98 Å². The Hall–Kier alpha value is -2.15. The lowest BCUT2D eigenvalue weighted by molar-refractivity contribution is 0.0588. The van der Waals surface area contributed by atoms with Crippen LogP contribution in [-0.2, 0) is 11.2 Å². The molecule has 0 bridgehead atoms. The fourth-order valence-electron chi connectivity index (χ4n) is 1.62. The van der Waals surface area contributed by atoms with Gasteiger partial charge in [0.25, 0.3) is 5.88 Å². The van der Waals surface area contributed by atoms with Gasteiger partial charge in [0.1, 0.15) is 5.82 Å². The van der Waals surface area contributed by atoms with Gasteiger partial charge in [0.05, 0.1) is 7.11 Å². The lowest BCUT2D eigenvalue weighted by Crippen LogP contribution is -2.09. The second kappa shape index (κ2) is 5.87. The third kappa shape index (κ3) is 2.88. The first kappa shape index (κ1) is 14.3. The zero-order valence-electron chi connectivity index (χ0n) is 10.5. The van der Waals surface area contributed by atoms with E-state index in [0.717, 1.165) is 17.1 Å². The molecule has 0 fully saturated rings. The van der Waals surface area contributed by atoms with E-state index in [0.29, 0.717) is 6.42 Å². The molecule has 1 aromatic heterocycles. The summed E-state index contributed by atoms with van der Waals surface area (Å²) in [5.41, 5.74) is 0.524. The predicted molar refractivity (Wildman–Crippen MR) is 73.6 cm³/mol. The van der Waals surface area contributed by atoms with Gasteiger partial charge in [-0.25, -0.2) is 9.78 Å². The number of carbonyl (C=O) groups excluding carboxylic acids is 1. The first-order chi connectivity index (χ1) is 9.52. The van der Waals surface area contributed by atoms with Crippen LogP contribution in [0.3, 0.4) is 0 Å². The summed E-state index contributed by atoms with van der Waals surface area (Å²) >= 11 is 3.39. The third-order valence-electron chi connectivity index (χ3n) is 2.60. The molecule has 1 heterocycles. The van der Waals surface area contributed by atoms with Crippen molar-refractivity contribution in [2.24, 2.45) is 0 Å². The lowest BCUT2D eigenvalue weighted by atomic mass is 10.1. The van der Waals surface area contributed by atoms with Crippen molar-refractivity contribution in [1.29, 1.82) is 0 Å². The van der Waals surface area contributed by atoms with Crippen molar-refractivity contribution in [2.75, 3.05) is 7.11 Å². The third-order valence-corrected chi connectivity index (χ3v) is 3.37. The quantitative estimate of drug-likeness (QED) is 0.832. The highest BCUT2D eigenvalue weighted by molar-refractivity contribution is 9.10. The van der Waals surface area contributed by atoms with Crippen molar-refractivity contribution in [3.05, 3.63) is 45.8 Å². The largest absolute Gasteiger partial charge is 0.501 e. The Morgan fingerprint density at radius 1 is 1.30 bits per heavy atom. The van der Waals surface area contributed by atoms with Crippen LogP contribution in [0.15, 0.2) is 28.7 Å². The van der Waals surface area contributed by atoms with Crippen LogP contribution in [0.2, 0.25) is 0 Å². The molecule has 0 aliphatic heterocycles. The number of benzene rings is 1. The van der Waals surface area contributed by atoms with Gasteiger partial charge in [0.2, 0.25) is 5.75 Å². The van der Waals surface area contributed by atoms with E-state index in [1.165, 1.54) is 0 Å². The van der Waals surface area contributed by atoms with E-state index >= 15 is 0 Å². The highest BCUT2D eigenvalue weighted by Gasteiger charge is 2.20. The molecular formula is C13H11BrN2O4. The van der Waals surface area contributed by atoms with Crippen LogP contribution in [-0.4, -0.2) is 33.3 Å². The van der Waals surface area contributed by atoms with Gasteiger partial charge < -0.3 is 14.9 Å². The Morgan fingerprint density at radius 2 is 2.00 bits per heavy atom. The van der Waals surface area contributed by atoms with Crippen LogP contribution in [0.5, 0.6) is 11.6 Å². The fourth-order valence-corrected chi connectivity index (χ4v) is 2.04. The highest BCUT2D eigenvalue weighted by Crippen LogP contribution is 2.27. The van der Waals surface area contributed by atoms with E-state index < -0.39 is 17.6 Å². The minimum Gasteiger partial charge on any atom is -0.501 e. The zero-order chi connectivity index (χ0) is 14.7. The van der Waals surface area contributed by atoms with Gasteiger partial charge in [-0.15, -0.1) is 0 Å². The monoisotopic (exact) mass is 338 g/mol. The summed E-state index contributed by atoms with van der Waals surface area (Å²) in [4.78, 5) is 19.1. The number of nitrogens with zero attached hydrogens (tertiary/aromatic N) is 2. The van der Waals surface area contributed by atoms with Crippen molar-refractivity contribution in [3.8, 4) is 11.6 Å². The first-order valence-electron chi connectivity index (χ1n) is 5.63. The van der Waals surface area contributed by atoms with Crippen LogP contribution in [0.25, 0.3) is 0 Å². The molecule has 7 heteroatoms. The van der Waals surface area contributed by atoms with E-state index in [4.69, 9.17) is 0 Å². The maximum absolute atomic E-state index is 11.5. The van der Waals surface area contributed by atoms with Crippen molar-refractivity contribution >= 4 is 21.9 Å². The van der Waals surface area contributed by atoms with Crippen LogP contribution >= 0.6 is 15.9 Å². The summed E-state index contributed by atoms with van der Waals surface area (Å²) < 4.78 is 5.35. The summed E-state index contributed by atoms with van der Waals surface area (Å²) in [6, 6.07) is 7.43. The molecule has 0 amide bonds. The summed E-state index contributed by atoms with van der Waals surface area (Å²) in [7, 11) is 1.16. The molecule has 0 aliphatic rings. The summed E-state index contributed by atoms with van der Waals surface area (Å²) in [5, 5.41) is 19.1.